The predicted molar refractivity (Wildman–Crippen MR) is 51.5 cm³/mol. The molecule has 0 aliphatic carbocycles. The fourth-order valence-corrected chi connectivity index (χ4v) is 0.983. The minimum Gasteiger partial charge on any atom is -0.480 e. The summed E-state index contributed by atoms with van der Waals surface area (Å²) in [6, 6.07) is 4.56. The number of benzene rings is 1. The zero-order valence-corrected chi connectivity index (χ0v) is 7.40. The number of carbonyl (C=O) groups is 2. The van der Waals surface area contributed by atoms with E-state index in [1.165, 1.54) is 6.07 Å². The van der Waals surface area contributed by atoms with Gasteiger partial charge >= 0.3 is 0 Å². The minimum atomic E-state index is 0.0985. The first kappa shape index (κ1) is 10.0. The zero-order chi connectivity index (χ0) is 10.4. The average molecular weight is 188 g/mol. The Morgan fingerprint density at radius 2 is 2.14 bits per heavy atom. The van der Waals surface area contributed by atoms with Crippen molar-refractivity contribution in [3.63, 3.8) is 0 Å². The summed E-state index contributed by atoms with van der Waals surface area (Å²) in [4.78, 5) is 21.0. The summed E-state index contributed by atoms with van der Waals surface area (Å²) < 4.78 is 5.09. The zero-order valence-electron chi connectivity index (χ0n) is 7.40. The normalized spacial score (nSPS) is 8.79. The van der Waals surface area contributed by atoms with Crippen molar-refractivity contribution < 1.29 is 14.3 Å². The molecule has 3 nitrogen and oxygen atoms in total. The Bertz CT molecular complexity index is 388. The van der Waals surface area contributed by atoms with Gasteiger partial charge in [-0.05, 0) is 18.2 Å². The van der Waals surface area contributed by atoms with Crippen molar-refractivity contribution in [2.24, 2.45) is 0 Å². The van der Waals surface area contributed by atoms with Crippen LogP contribution in [0.5, 0.6) is 5.75 Å². The van der Waals surface area contributed by atoms with E-state index in [4.69, 9.17) is 11.2 Å². The van der Waals surface area contributed by atoms with Gasteiger partial charge in [0.05, 0.1) is 5.56 Å². The number of rotatable bonds is 4. The molecule has 0 saturated carbocycles. The molecule has 0 N–H and O–H groups in total. The van der Waals surface area contributed by atoms with Gasteiger partial charge in [0.2, 0.25) is 0 Å². The monoisotopic (exact) mass is 188 g/mol. The highest BCUT2D eigenvalue weighted by Crippen LogP contribution is 2.17. The fraction of sp³-hybridized carbons (Fsp3) is 0.0909. The summed E-state index contributed by atoms with van der Waals surface area (Å²) in [6.07, 6.45) is 6.29. The molecule has 70 valence electrons. The van der Waals surface area contributed by atoms with Gasteiger partial charge in [0.25, 0.3) is 0 Å². The molecule has 0 atom stereocenters. The molecule has 3 heteroatoms. The summed E-state index contributed by atoms with van der Waals surface area (Å²) in [7, 11) is 0. The van der Waals surface area contributed by atoms with E-state index in [9.17, 15) is 9.59 Å². The number of ether oxygens (including phenoxy) is 1. The lowest BCUT2D eigenvalue weighted by atomic mass is 10.1. The Hall–Kier alpha value is -2.08. The average Bonchev–Trinajstić information content (AvgIpc) is 2.26. The number of carbonyl (C=O) groups excluding carboxylic acids is 2. The second-order valence-corrected chi connectivity index (χ2v) is 2.53. The highest BCUT2D eigenvalue weighted by Gasteiger charge is 2.03. The lowest BCUT2D eigenvalue weighted by Crippen LogP contribution is -1.98. The highest BCUT2D eigenvalue weighted by atomic mass is 16.5. The Labute approximate surface area is 81.7 Å². The van der Waals surface area contributed by atoms with Crippen LogP contribution in [0.25, 0.3) is 0 Å². The van der Waals surface area contributed by atoms with Crippen LogP contribution in [0.1, 0.15) is 20.7 Å². The van der Waals surface area contributed by atoms with Crippen molar-refractivity contribution in [3.05, 3.63) is 29.3 Å². The first-order chi connectivity index (χ1) is 6.81. The van der Waals surface area contributed by atoms with E-state index in [-0.39, 0.29) is 6.61 Å². The van der Waals surface area contributed by atoms with E-state index in [1.54, 1.807) is 12.1 Å². The van der Waals surface area contributed by atoms with E-state index in [0.717, 1.165) is 0 Å². The molecule has 0 saturated heterocycles. The van der Waals surface area contributed by atoms with E-state index in [0.29, 0.717) is 29.4 Å². The van der Waals surface area contributed by atoms with E-state index >= 15 is 0 Å². The maximum Gasteiger partial charge on any atom is 0.153 e. The predicted octanol–water partition coefficient (Wildman–Crippen LogP) is 1.32. The number of hydrogen-bond acceptors (Lipinski definition) is 3. The molecule has 0 unspecified atom stereocenters. The molecule has 14 heavy (non-hydrogen) atoms. The fourth-order valence-electron chi connectivity index (χ4n) is 0.983. The standard InChI is InChI=1S/C11H8O3/c1-2-5-14-11-4-3-9(7-12)6-10(11)8-13/h1,3-4,6-8H,5H2. The summed E-state index contributed by atoms with van der Waals surface area (Å²) in [5.74, 6) is 2.68. The van der Waals surface area contributed by atoms with Crippen LogP contribution in [0, 0.1) is 12.3 Å². The molecule has 1 aromatic rings. The molecule has 0 radical (unpaired) electrons. The van der Waals surface area contributed by atoms with Gasteiger partial charge in [0, 0.05) is 5.56 Å². The molecule has 0 spiro atoms. The van der Waals surface area contributed by atoms with Gasteiger partial charge in [0.1, 0.15) is 18.6 Å². The number of aldehydes is 2. The van der Waals surface area contributed by atoms with Crippen molar-refractivity contribution in [2.75, 3.05) is 6.61 Å². The summed E-state index contributed by atoms with van der Waals surface area (Å²) in [5.41, 5.74) is 0.755. The van der Waals surface area contributed by atoms with Crippen LogP contribution >= 0.6 is 0 Å². The van der Waals surface area contributed by atoms with Gasteiger partial charge in [-0.15, -0.1) is 6.42 Å². The SMILES string of the molecule is C#CCOc1ccc(C=O)cc1C=O. The van der Waals surface area contributed by atoms with E-state index < -0.39 is 0 Å². The second kappa shape index (κ2) is 4.83. The van der Waals surface area contributed by atoms with Crippen molar-refractivity contribution >= 4 is 12.6 Å². The molecule has 1 rings (SSSR count). The van der Waals surface area contributed by atoms with Gasteiger partial charge in [-0.2, -0.15) is 0 Å². The third-order valence-electron chi connectivity index (χ3n) is 1.61. The first-order valence-corrected chi connectivity index (χ1v) is 3.92. The molecule has 0 aromatic heterocycles. The van der Waals surface area contributed by atoms with Crippen LogP contribution in [0.4, 0.5) is 0 Å². The van der Waals surface area contributed by atoms with Crippen molar-refractivity contribution in [3.8, 4) is 18.1 Å². The van der Waals surface area contributed by atoms with Crippen LogP contribution < -0.4 is 4.74 Å². The summed E-state index contributed by atoms with van der Waals surface area (Å²) >= 11 is 0. The smallest absolute Gasteiger partial charge is 0.153 e. The molecule has 1 aromatic carbocycles. The van der Waals surface area contributed by atoms with Gasteiger partial charge < -0.3 is 4.74 Å². The Morgan fingerprint density at radius 1 is 1.36 bits per heavy atom. The minimum absolute atomic E-state index is 0.0985. The summed E-state index contributed by atoms with van der Waals surface area (Å²) in [6.45, 7) is 0.0985. The quantitative estimate of drug-likeness (QED) is 0.528. The number of terminal acetylenes is 1. The van der Waals surface area contributed by atoms with Crippen LogP contribution in [-0.2, 0) is 0 Å². The van der Waals surface area contributed by atoms with Gasteiger partial charge in [-0.1, -0.05) is 5.92 Å². The highest BCUT2D eigenvalue weighted by molar-refractivity contribution is 5.84. The molecule has 0 heterocycles. The van der Waals surface area contributed by atoms with Crippen LogP contribution in [0.15, 0.2) is 18.2 Å². The Morgan fingerprint density at radius 3 is 2.71 bits per heavy atom. The molecule has 0 aliphatic heterocycles. The number of hydrogen-bond donors (Lipinski definition) is 0. The molecular formula is C11H8O3. The van der Waals surface area contributed by atoms with Crippen molar-refractivity contribution in [2.45, 2.75) is 0 Å². The molecule has 0 bridgehead atoms. The maximum atomic E-state index is 10.6. The molecular weight excluding hydrogens is 180 g/mol. The Kier molecular flexibility index (Phi) is 3.45. The Balaban J connectivity index is 3.00. The van der Waals surface area contributed by atoms with Crippen molar-refractivity contribution in [1.29, 1.82) is 0 Å². The van der Waals surface area contributed by atoms with Crippen LogP contribution in [0.3, 0.4) is 0 Å². The van der Waals surface area contributed by atoms with Gasteiger partial charge in [-0.25, -0.2) is 0 Å². The van der Waals surface area contributed by atoms with Crippen LogP contribution in [-0.4, -0.2) is 19.2 Å². The topological polar surface area (TPSA) is 43.4 Å². The van der Waals surface area contributed by atoms with Crippen molar-refractivity contribution in [1.82, 2.24) is 0 Å². The third kappa shape index (κ3) is 2.20. The van der Waals surface area contributed by atoms with E-state index in [1.807, 2.05) is 0 Å². The van der Waals surface area contributed by atoms with Gasteiger partial charge in [-0.3, -0.25) is 9.59 Å². The maximum absolute atomic E-state index is 10.6. The van der Waals surface area contributed by atoms with Gasteiger partial charge in [0.15, 0.2) is 6.29 Å². The molecule has 0 fully saturated rings. The second-order valence-electron chi connectivity index (χ2n) is 2.53. The largest absolute Gasteiger partial charge is 0.480 e. The molecule has 0 amide bonds. The third-order valence-corrected chi connectivity index (χ3v) is 1.61. The lowest BCUT2D eigenvalue weighted by Gasteiger charge is -2.04. The first-order valence-electron chi connectivity index (χ1n) is 3.92. The summed E-state index contributed by atoms with van der Waals surface area (Å²) in [5, 5.41) is 0. The molecule has 0 aliphatic rings. The van der Waals surface area contributed by atoms with E-state index in [2.05, 4.69) is 5.92 Å². The lowest BCUT2D eigenvalue weighted by molar-refractivity contribution is 0.111. The van der Waals surface area contributed by atoms with Crippen LogP contribution in [0.2, 0.25) is 0 Å².